The van der Waals surface area contributed by atoms with Crippen LogP contribution in [0.25, 0.3) is 0 Å². The largest absolute Gasteiger partial charge is 0.316 e. The van der Waals surface area contributed by atoms with Gasteiger partial charge in [0.1, 0.15) is 0 Å². The highest BCUT2D eigenvalue weighted by molar-refractivity contribution is 5.15. The zero-order valence-corrected chi connectivity index (χ0v) is 7.67. The van der Waals surface area contributed by atoms with Crippen LogP contribution in [-0.4, -0.2) is 22.9 Å². The Morgan fingerprint density at radius 3 is 2.83 bits per heavy atom. The van der Waals surface area contributed by atoms with Gasteiger partial charge in [-0.1, -0.05) is 0 Å². The van der Waals surface area contributed by atoms with E-state index < -0.39 is 0 Å². The Bertz CT molecular complexity index is 273. The van der Waals surface area contributed by atoms with Crippen molar-refractivity contribution in [2.45, 2.75) is 13.3 Å². The first kappa shape index (κ1) is 7.80. The van der Waals surface area contributed by atoms with E-state index in [-0.39, 0.29) is 0 Å². The highest BCUT2D eigenvalue weighted by Crippen LogP contribution is 2.13. The number of hydrogen-bond acceptors (Lipinski definition) is 2. The van der Waals surface area contributed by atoms with Crippen molar-refractivity contribution < 1.29 is 0 Å². The first-order valence-electron chi connectivity index (χ1n) is 4.45. The minimum atomic E-state index is 0.818. The molecule has 1 aromatic rings. The van der Waals surface area contributed by atoms with Gasteiger partial charge in [0.2, 0.25) is 0 Å². The van der Waals surface area contributed by atoms with Crippen molar-refractivity contribution in [1.29, 1.82) is 0 Å². The number of hydrogen-bond donors (Lipinski definition) is 1. The Labute approximate surface area is 72.8 Å². The van der Waals surface area contributed by atoms with Crippen LogP contribution >= 0.6 is 0 Å². The fourth-order valence-electron chi connectivity index (χ4n) is 1.62. The van der Waals surface area contributed by atoms with E-state index in [1.54, 1.807) is 0 Å². The van der Waals surface area contributed by atoms with Crippen LogP contribution in [0.4, 0.5) is 0 Å². The lowest BCUT2D eigenvalue weighted by molar-refractivity contribution is 0.343. The SMILES string of the molecule is Cc1cn(C)nc1CC1CNC1. The third kappa shape index (κ3) is 1.37. The molecule has 66 valence electrons. The zero-order valence-electron chi connectivity index (χ0n) is 7.67. The molecule has 1 aliphatic heterocycles. The van der Waals surface area contributed by atoms with Gasteiger partial charge in [-0.3, -0.25) is 4.68 Å². The highest BCUT2D eigenvalue weighted by atomic mass is 15.2. The fraction of sp³-hybridized carbons (Fsp3) is 0.667. The maximum absolute atomic E-state index is 4.42. The van der Waals surface area contributed by atoms with Crippen molar-refractivity contribution in [3.05, 3.63) is 17.5 Å². The topological polar surface area (TPSA) is 29.9 Å². The molecule has 0 saturated carbocycles. The summed E-state index contributed by atoms with van der Waals surface area (Å²) < 4.78 is 1.90. The monoisotopic (exact) mass is 165 g/mol. The lowest BCUT2D eigenvalue weighted by Gasteiger charge is -2.26. The molecule has 1 fully saturated rings. The van der Waals surface area contributed by atoms with Crippen LogP contribution in [0.5, 0.6) is 0 Å². The van der Waals surface area contributed by atoms with E-state index in [1.165, 1.54) is 11.3 Å². The molecule has 2 heterocycles. The molecule has 0 aliphatic carbocycles. The molecule has 2 rings (SSSR count). The van der Waals surface area contributed by atoms with Gasteiger partial charge in [-0.15, -0.1) is 0 Å². The van der Waals surface area contributed by atoms with Gasteiger partial charge < -0.3 is 5.32 Å². The van der Waals surface area contributed by atoms with E-state index in [0.29, 0.717) is 0 Å². The summed E-state index contributed by atoms with van der Waals surface area (Å²) in [6.45, 7) is 4.46. The third-order valence-electron chi connectivity index (χ3n) is 2.46. The van der Waals surface area contributed by atoms with Crippen molar-refractivity contribution in [3.8, 4) is 0 Å². The number of nitrogens with zero attached hydrogens (tertiary/aromatic N) is 2. The molecule has 12 heavy (non-hydrogen) atoms. The molecule has 0 unspecified atom stereocenters. The van der Waals surface area contributed by atoms with Crippen molar-refractivity contribution in [1.82, 2.24) is 15.1 Å². The summed E-state index contributed by atoms with van der Waals surface area (Å²) in [7, 11) is 1.98. The number of aryl methyl sites for hydroxylation is 2. The minimum absolute atomic E-state index is 0.818. The summed E-state index contributed by atoms with van der Waals surface area (Å²) in [6, 6.07) is 0. The van der Waals surface area contributed by atoms with Crippen LogP contribution < -0.4 is 5.32 Å². The van der Waals surface area contributed by atoms with Crippen LogP contribution in [-0.2, 0) is 13.5 Å². The maximum Gasteiger partial charge on any atom is 0.0657 e. The molecule has 0 bridgehead atoms. The molecule has 1 aliphatic rings. The quantitative estimate of drug-likeness (QED) is 0.691. The lowest BCUT2D eigenvalue weighted by Crippen LogP contribution is -2.43. The molecule has 3 nitrogen and oxygen atoms in total. The summed E-state index contributed by atoms with van der Waals surface area (Å²) in [6.07, 6.45) is 3.22. The molecule has 1 aromatic heterocycles. The molecule has 1 saturated heterocycles. The third-order valence-corrected chi connectivity index (χ3v) is 2.46. The summed E-state index contributed by atoms with van der Waals surface area (Å²) >= 11 is 0. The number of aromatic nitrogens is 2. The predicted molar refractivity (Wildman–Crippen MR) is 48.0 cm³/mol. The van der Waals surface area contributed by atoms with Gasteiger partial charge in [-0.05, 0) is 37.9 Å². The van der Waals surface area contributed by atoms with Crippen molar-refractivity contribution >= 4 is 0 Å². The molecule has 0 spiro atoms. The Morgan fingerprint density at radius 2 is 2.42 bits per heavy atom. The highest BCUT2D eigenvalue weighted by Gasteiger charge is 2.19. The average Bonchev–Trinajstić information content (AvgIpc) is 2.21. The maximum atomic E-state index is 4.42. The first-order chi connectivity index (χ1) is 5.75. The summed E-state index contributed by atoms with van der Waals surface area (Å²) in [5.41, 5.74) is 2.59. The Balaban J connectivity index is 2.05. The van der Waals surface area contributed by atoms with E-state index in [4.69, 9.17) is 0 Å². The van der Waals surface area contributed by atoms with Crippen molar-refractivity contribution in [2.24, 2.45) is 13.0 Å². The standard InChI is InChI=1S/C9H15N3/c1-7-6-12(2)11-9(7)3-8-4-10-5-8/h6,8,10H,3-5H2,1-2H3. The van der Waals surface area contributed by atoms with Gasteiger partial charge in [0, 0.05) is 13.2 Å². The van der Waals surface area contributed by atoms with E-state index in [2.05, 4.69) is 23.5 Å². The van der Waals surface area contributed by atoms with Gasteiger partial charge in [0.05, 0.1) is 5.69 Å². The molecule has 3 heteroatoms. The summed E-state index contributed by atoms with van der Waals surface area (Å²) in [5, 5.41) is 7.69. The Morgan fingerprint density at radius 1 is 1.67 bits per heavy atom. The number of rotatable bonds is 2. The first-order valence-corrected chi connectivity index (χ1v) is 4.45. The van der Waals surface area contributed by atoms with E-state index in [9.17, 15) is 0 Å². The normalized spacial score (nSPS) is 17.8. The Hall–Kier alpha value is -0.830. The van der Waals surface area contributed by atoms with Crippen LogP contribution in [0.1, 0.15) is 11.3 Å². The molecular formula is C9H15N3. The van der Waals surface area contributed by atoms with Gasteiger partial charge in [-0.25, -0.2) is 0 Å². The fourth-order valence-corrected chi connectivity index (χ4v) is 1.62. The Kier molecular flexibility index (Phi) is 1.89. The summed E-state index contributed by atoms with van der Waals surface area (Å²) in [5.74, 6) is 0.818. The average molecular weight is 165 g/mol. The predicted octanol–water partition coefficient (Wildman–Crippen LogP) is 0.490. The molecule has 0 atom stereocenters. The van der Waals surface area contributed by atoms with Crippen molar-refractivity contribution in [2.75, 3.05) is 13.1 Å². The number of nitrogens with one attached hydrogen (secondary N) is 1. The van der Waals surface area contributed by atoms with E-state index in [1.807, 2.05) is 11.7 Å². The van der Waals surface area contributed by atoms with Gasteiger partial charge >= 0.3 is 0 Å². The minimum Gasteiger partial charge on any atom is -0.316 e. The molecule has 0 amide bonds. The van der Waals surface area contributed by atoms with E-state index >= 15 is 0 Å². The molecule has 0 aromatic carbocycles. The van der Waals surface area contributed by atoms with Crippen LogP contribution in [0.2, 0.25) is 0 Å². The summed E-state index contributed by atoms with van der Waals surface area (Å²) in [4.78, 5) is 0. The van der Waals surface area contributed by atoms with Gasteiger partial charge in [-0.2, -0.15) is 5.10 Å². The van der Waals surface area contributed by atoms with Crippen LogP contribution in [0.15, 0.2) is 6.20 Å². The molecular weight excluding hydrogens is 150 g/mol. The second-order valence-electron chi connectivity index (χ2n) is 3.66. The van der Waals surface area contributed by atoms with Gasteiger partial charge in [0.15, 0.2) is 0 Å². The zero-order chi connectivity index (χ0) is 8.55. The molecule has 0 radical (unpaired) electrons. The lowest BCUT2D eigenvalue weighted by atomic mass is 9.96. The second-order valence-corrected chi connectivity index (χ2v) is 3.66. The van der Waals surface area contributed by atoms with E-state index in [0.717, 1.165) is 25.4 Å². The smallest absolute Gasteiger partial charge is 0.0657 e. The van der Waals surface area contributed by atoms with Crippen LogP contribution in [0.3, 0.4) is 0 Å². The van der Waals surface area contributed by atoms with Crippen molar-refractivity contribution in [3.63, 3.8) is 0 Å². The van der Waals surface area contributed by atoms with Gasteiger partial charge in [0.25, 0.3) is 0 Å². The van der Waals surface area contributed by atoms with Crippen LogP contribution in [0, 0.1) is 12.8 Å². The molecule has 1 N–H and O–H groups in total. The second kappa shape index (κ2) is 2.90.